The third-order valence-corrected chi connectivity index (χ3v) is 3.17. The zero-order valence-electron chi connectivity index (χ0n) is 6.77. The van der Waals surface area contributed by atoms with Crippen LogP contribution in [0.4, 0.5) is 0 Å². The van der Waals surface area contributed by atoms with Crippen molar-refractivity contribution in [3.05, 3.63) is 0 Å². The van der Waals surface area contributed by atoms with Gasteiger partial charge in [-0.2, -0.15) is 0 Å². The predicted molar refractivity (Wildman–Crippen MR) is 48.8 cm³/mol. The highest BCUT2D eigenvalue weighted by molar-refractivity contribution is 9.09. The maximum absolute atomic E-state index is 10.7. The van der Waals surface area contributed by atoms with E-state index in [1.54, 1.807) is 6.92 Å². The highest BCUT2D eigenvalue weighted by Crippen LogP contribution is 2.24. The quantitative estimate of drug-likeness (QED) is 0.671. The smallest absolute Gasteiger partial charge is 0.217 e. The van der Waals surface area contributed by atoms with Crippen LogP contribution in [0.25, 0.3) is 0 Å². The average Bonchev–Trinajstić information content (AvgIpc) is 1.93. The number of hydrogen-bond donors (Lipinski definition) is 1. The third-order valence-electron chi connectivity index (χ3n) is 2.07. The summed E-state index contributed by atoms with van der Waals surface area (Å²) in [6.45, 7) is 1.58. The minimum atomic E-state index is 0.0846. The molecule has 2 atom stereocenters. The van der Waals surface area contributed by atoms with Gasteiger partial charge in [-0.25, -0.2) is 0 Å². The molecule has 1 rings (SSSR count). The van der Waals surface area contributed by atoms with E-state index in [0.29, 0.717) is 10.9 Å². The molecule has 1 saturated carbocycles. The van der Waals surface area contributed by atoms with Crippen LogP contribution in [0.3, 0.4) is 0 Å². The summed E-state index contributed by atoms with van der Waals surface area (Å²) in [5.41, 5.74) is 0. The summed E-state index contributed by atoms with van der Waals surface area (Å²) in [5.74, 6) is 0.0846. The van der Waals surface area contributed by atoms with Crippen molar-refractivity contribution >= 4 is 21.8 Å². The monoisotopic (exact) mass is 219 g/mol. The molecule has 1 amide bonds. The topological polar surface area (TPSA) is 29.1 Å². The molecule has 0 heterocycles. The minimum Gasteiger partial charge on any atom is -0.352 e. The number of carbonyl (C=O) groups excluding carboxylic acids is 1. The van der Waals surface area contributed by atoms with E-state index in [4.69, 9.17) is 0 Å². The van der Waals surface area contributed by atoms with Gasteiger partial charge in [-0.15, -0.1) is 0 Å². The first kappa shape index (κ1) is 9.04. The molecule has 0 bridgehead atoms. The summed E-state index contributed by atoms with van der Waals surface area (Å²) < 4.78 is 0. The zero-order valence-corrected chi connectivity index (χ0v) is 8.36. The number of amides is 1. The molecule has 0 aliphatic heterocycles. The Kier molecular flexibility index (Phi) is 3.37. The summed E-state index contributed by atoms with van der Waals surface area (Å²) in [6, 6.07) is 0.362. The molecule has 1 fully saturated rings. The lowest BCUT2D eigenvalue weighted by Gasteiger charge is -2.27. The minimum absolute atomic E-state index is 0.0846. The Morgan fingerprint density at radius 2 is 2.09 bits per heavy atom. The lowest BCUT2D eigenvalue weighted by molar-refractivity contribution is -0.119. The Labute approximate surface area is 75.9 Å². The van der Waals surface area contributed by atoms with Crippen LogP contribution in [0.5, 0.6) is 0 Å². The molecule has 0 aromatic rings. The normalized spacial score (nSPS) is 31.5. The van der Waals surface area contributed by atoms with Crippen LogP contribution in [0.15, 0.2) is 0 Å². The third kappa shape index (κ3) is 2.81. The number of alkyl halides is 1. The van der Waals surface area contributed by atoms with E-state index in [0.717, 1.165) is 6.42 Å². The van der Waals surface area contributed by atoms with Crippen LogP contribution in [0.2, 0.25) is 0 Å². The molecule has 0 saturated heterocycles. The second kappa shape index (κ2) is 4.10. The van der Waals surface area contributed by atoms with Gasteiger partial charge in [0.05, 0.1) is 0 Å². The summed E-state index contributed by atoms with van der Waals surface area (Å²) in [4.78, 5) is 11.2. The van der Waals surface area contributed by atoms with Gasteiger partial charge in [0, 0.05) is 17.8 Å². The highest BCUT2D eigenvalue weighted by Gasteiger charge is 2.22. The van der Waals surface area contributed by atoms with Gasteiger partial charge in [0.1, 0.15) is 0 Å². The predicted octanol–water partition coefficient (Wildman–Crippen LogP) is 1.83. The average molecular weight is 220 g/mol. The molecule has 64 valence electrons. The molecular weight excluding hydrogens is 206 g/mol. The first-order valence-corrected chi connectivity index (χ1v) is 5.03. The fourth-order valence-electron chi connectivity index (χ4n) is 1.51. The van der Waals surface area contributed by atoms with Crippen LogP contribution >= 0.6 is 15.9 Å². The van der Waals surface area contributed by atoms with Gasteiger partial charge >= 0.3 is 0 Å². The van der Waals surface area contributed by atoms with Crippen molar-refractivity contribution in [2.75, 3.05) is 0 Å². The Bertz CT molecular complexity index is 149. The fraction of sp³-hybridized carbons (Fsp3) is 0.875. The van der Waals surface area contributed by atoms with E-state index in [-0.39, 0.29) is 5.91 Å². The summed E-state index contributed by atoms with van der Waals surface area (Å²) in [7, 11) is 0. The SMILES string of the molecule is CC(=O)N[C@@H]1CCCC[C@H]1Br. The van der Waals surface area contributed by atoms with Gasteiger partial charge < -0.3 is 5.32 Å². The van der Waals surface area contributed by atoms with Gasteiger partial charge in [0.2, 0.25) is 5.91 Å². The van der Waals surface area contributed by atoms with Crippen molar-refractivity contribution < 1.29 is 4.79 Å². The fourth-order valence-corrected chi connectivity index (χ4v) is 2.23. The first-order chi connectivity index (χ1) is 5.20. The summed E-state index contributed by atoms with van der Waals surface area (Å²) >= 11 is 3.57. The molecule has 11 heavy (non-hydrogen) atoms. The van der Waals surface area contributed by atoms with Gasteiger partial charge in [-0.3, -0.25) is 4.79 Å². The van der Waals surface area contributed by atoms with Crippen molar-refractivity contribution in [1.82, 2.24) is 5.32 Å². The molecule has 0 radical (unpaired) electrons. The lowest BCUT2D eigenvalue weighted by atomic mass is 9.95. The van der Waals surface area contributed by atoms with Crippen molar-refractivity contribution in [2.45, 2.75) is 43.5 Å². The highest BCUT2D eigenvalue weighted by atomic mass is 79.9. The standard InChI is InChI=1S/C8H14BrNO/c1-6(11)10-8-5-3-2-4-7(8)9/h7-8H,2-5H2,1H3,(H,10,11)/t7-,8-/m1/s1. The Balaban J connectivity index is 2.35. The van der Waals surface area contributed by atoms with E-state index >= 15 is 0 Å². The molecule has 0 aromatic carbocycles. The molecule has 2 nitrogen and oxygen atoms in total. The molecule has 3 heteroatoms. The Morgan fingerprint density at radius 1 is 1.45 bits per heavy atom. The van der Waals surface area contributed by atoms with E-state index in [1.807, 2.05) is 0 Å². The van der Waals surface area contributed by atoms with Crippen molar-refractivity contribution in [2.24, 2.45) is 0 Å². The molecular formula is C8H14BrNO. The second-order valence-corrected chi connectivity index (χ2v) is 4.28. The van der Waals surface area contributed by atoms with E-state index < -0.39 is 0 Å². The zero-order chi connectivity index (χ0) is 8.27. The van der Waals surface area contributed by atoms with Gasteiger partial charge in [-0.05, 0) is 12.8 Å². The maximum Gasteiger partial charge on any atom is 0.217 e. The van der Waals surface area contributed by atoms with Gasteiger partial charge in [0.25, 0.3) is 0 Å². The molecule has 1 aliphatic carbocycles. The van der Waals surface area contributed by atoms with Crippen molar-refractivity contribution in [1.29, 1.82) is 0 Å². The summed E-state index contributed by atoms with van der Waals surface area (Å²) in [6.07, 6.45) is 4.83. The molecule has 0 unspecified atom stereocenters. The van der Waals surface area contributed by atoms with Crippen LogP contribution in [-0.2, 0) is 4.79 Å². The first-order valence-electron chi connectivity index (χ1n) is 4.11. The maximum atomic E-state index is 10.7. The molecule has 0 aromatic heterocycles. The van der Waals surface area contributed by atoms with E-state index in [9.17, 15) is 4.79 Å². The van der Waals surface area contributed by atoms with Crippen LogP contribution in [0, 0.1) is 0 Å². The van der Waals surface area contributed by atoms with Crippen LogP contribution in [-0.4, -0.2) is 16.8 Å². The number of nitrogens with one attached hydrogen (secondary N) is 1. The number of carbonyl (C=O) groups is 1. The largest absolute Gasteiger partial charge is 0.352 e. The number of hydrogen-bond acceptors (Lipinski definition) is 1. The second-order valence-electron chi connectivity index (χ2n) is 3.11. The van der Waals surface area contributed by atoms with Crippen LogP contribution < -0.4 is 5.32 Å². The molecule has 1 N–H and O–H groups in total. The van der Waals surface area contributed by atoms with Crippen molar-refractivity contribution in [3.8, 4) is 0 Å². The number of halogens is 1. The Morgan fingerprint density at radius 3 is 2.64 bits per heavy atom. The van der Waals surface area contributed by atoms with Crippen LogP contribution in [0.1, 0.15) is 32.6 Å². The molecule has 1 aliphatic rings. The van der Waals surface area contributed by atoms with E-state index in [2.05, 4.69) is 21.2 Å². The summed E-state index contributed by atoms with van der Waals surface area (Å²) in [5, 5.41) is 2.95. The molecule has 0 spiro atoms. The lowest BCUT2D eigenvalue weighted by Crippen LogP contribution is -2.41. The Hall–Kier alpha value is -0.0500. The number of rotatable bonds is 1. The van der Waals surface area contributed by atoms with Crippen molar-refractivity contribution in [3.63, 3.8) is 0 Å². The van der Waals surface area contributed by atoms with Gasteiger partial charge in [-0.1, -0.05) is 28.8 Å². The van der Waals surface area contributed by atoms with E-state index in [1.165, 1.54) is 19.3 Å². The van der Waals surface area contributed by atoms with Gasteiger partial charge in [0.15, 0.2) is 0 Å².